The van der Waals surface area contributed by atoms with Crippen LogP contribution in [0.4, 0.5) is 0 Å². The van der Waals surface area contributed by atoms with Crippen molar-refractivity contribution in [3.05, 3.63) is 12.0 Å². The van der Waals surface area contributed by atoms with Gasteiger partial charge in [-0.05, 0) is 29.5 Å². The van der Waals surface area contributed by atoms with Crippen molar-refractivity contribution < 1.29 is 4.74 Å². The molecule has 0 aromatic carbocycles. The van der Waals surface area contributed by atoms with Crippen LogP contribution in [0.3, 0.4) is 0 Å². The molecule has 0 aromatic rings. The van der Waals surface area contributed by atoms with E-state index in [1.165, 1.54) is 0 Å². The van der Waals surface area contributed by atoms with Crippen LogP contribution in [0, 0.1) is 0 Å². The Morgan fingerprint density at radius 2 is 2.56 bits per heavy atom. The zero-order valence-electron chi connectivity index (χ0n) is 4.97. The highest BCUT2D eigenvalue weighted by Crippen LogP contribution is 2.06. The van der Waals surface area contributed by atoms with Crippen LogP contribution in [0.1, 0.15) is 6.92 Å². The van der Waals surface area contributed by atoms with Crippen molar-refractivity contribution in [3.63, 3.8) is 0 Å². The van der Waals surface area contributed by atoms with Gasteiger partial charge < -0.3 is 4.74 Å². The fourth-order valence-corrected chi connectivity index (χ4v) is 0.849. The van der Waals surface area contributed by atoms with E-state index in [-0.39, 0.29) is 0 Å². The molecule has 0 saturated carbocycles. The average Bonchev–Trinajstić information content (AvgIpc) is 2.17. The predicted molar refractivity (Wildman–Crippen MR) is 43.3 cm³/mol. The van der Waals surface area contributed by atoms with Crippen LogP contribution in [0.5, 0.6) is 0 Å². The number of hydrogen-bond donors (Lipinski definition) is 0. The molecule has 1 heterocycles. The summed E-state index contributed by atoms with van der Waals surface area (Å²) in [6.45, 7) is 2.57. The van der Waals surface area contributed by atoms with Crippen molar-refractivity contribution in [2.45, 2.75) is 6.92 Å². The van der Waals surface area contributed by atoms with Crippen LogP contribution in [0.15, 0.2) is 17.1 Å². The maximum absolute atomic E-state index is 5.05. The molecule has 0 saturated heterocycles. The number of halogens is 1. The van der Waals surface area contributed by atoms with Gasteiger partial charge in [-0.2, -0.15) is 0 Å². The van der Waals surface area contributed by atoms with Gasteiger partial charge in [0.05, 0.1) is 6.61 Å². The summed E-state index contributed by atoms with van der Waals surface area (Å²) >= 11 is 2.09. The van der Waals surface area contributed by atoms with Crippen LogP contribution in [-0.4, -0.2) is 10.3 Å². The predicted octanol–water partition coefficient (Wildman–Crippen LogP) is 1.23. The quantitative estimate of drug-likeness (QED) is 0.665. The van der Waals surface area contributed by atoms with Crippen LogP contribution in [-0.2, 0) is 4.74 Å². The van der Waals surface area contributed by atoms with Crippen LogP contribution < -0.4 is 5.43 Å². The summed E-state index contributed by atoms with van der Waals surface area (Å²) in [4.78, 5) is 0. The summed E-state index contributed by atoms with van der Waals surface area (Å²) < 4.78 is 5.92. The van der Waals surface area contributed by atoms with E-state index in [9.17, 15) is 0 Å². The number of ether oxygens (including phenoxy) is 1. The van der Waals surface area contributed by atoms with Crippen molar-refractivity contribution in [1.82, 2.24) is 5.43 Å². The van der Waals surface area contributed by atoms with Gasteiger partial charge in [-0.3, -0.25) is 0 Å². The van der Waals surface area contributed by atoms with Gasteiger partial charge in [-0.1, -0.05) is 0 Å². The summed E-state index contributed by atoms with van der Waals surface area (Å²) in [6.07, 6.45) is 1.80. The molecule has 0 amide bonds. The molecule has 0 fully saturated rings. The molecule has 1 aliphatic heterocycles. The first-order valence-corrected chi connectivity index (χ1v) is 3.69. The lowest BCUT2D eigenvalue weighted by Gasteiger charge is -1.97. The molecule has 0 unspecified atom stereocenters. The molecule has 4 heteroatoms. The fourth-order valence-electron chi connectivity index (χ4n) is 0.475. The van der Waals surface area contributed by atoms with Gasteiger partial charge in [0.2, 0.25) is 5.88 Å². The smallest absolute Gasteiger partial charge is 0.236 e. The van der Waals surface area contributed by atoms with E-state index in [4.69, 9.17) is 4.74 Å². The summed E-state index contributed by atoms with van der Waals surface area (Å²) in [5.41, 5.74) is 3.73. The van der Waals surface area contributed by atoms with E-state index in [0.29, 0.717) is 12.5 Å². The highest BCUT2D eigenvalue weighted by atomic mass is 127. The minimum Gasteiger partial charge on any atom is -0.477 e. The number of hydrogen-bond acceptors (Lipinski definition) is 2. The Morgan fingerprint density at radius 3 is 3.00 bits per heavy atom. The Hall–Kier alpha value is -0.260. The Morgan fingerprint density at radius 1 is 1.78 bits per heavy atom. The van der Waals surface area contributed by atoms with Crippen LogP contribution in [0.25, 0.3) is 0 Å². The van der Waals surface area contributed by atoms with Crippen molar-refractivity contribution in [3.8, 4) is 0 Å². The van der Waals surface area contributed by atoms with E-state index in [2.05, 4.69) is 33.1 Å². The second kappa shape index (κ2) is 3.05. The third-order valence-corrected chi connectivity index (χ3v) is 1.31. The minimum absolute atomic E-state index is 0.613. The first kappa shape index (κ1) is 6.85. The first-order chi connectivity index (χ1) is 4.33. The summed E-state index contributed by atoms with van der Waals surface area (Å²) in [5, 5.41) is 3.75. The molecule has 0 atom stereocenters. The van der Waals surface area contributed by atoms with Gasteiger partial charge in [-0.25, -0.2) is 0 Å². The van der Waals surface area contributed by atoms with Gasteiger partial charge in [0.25, 0.3) is 0 Å². The van der Waals surface area contributed by atoms with Gasteiger partial charge in [-0.15, -0.1) is 10.5 Å². The average molecular weight is 237 g/mol. The van der Waals surface area contributed by atoms with Gasteiger partial charge in [0, 0.05) is 6.08 Å². The molecule has 0 aliphatic carbocycles. The topological polar surface area (TPSA) is 35.7 Å². The second-order valence-electron chi connectivity index (χ2n) is 1.44. The Bertz CT molecular complexity index is 164. The third-order valence-electron chi connectivity index (χ3n) is 0.779. The molecule has 9 heavy (non-hydrogen) atoms. The minimum atomic E-state index is 0.613. The lowest BCUT2D eigenvalue weighted by molar-refractivity contribution is 0.208. The molecule has 0 N–H and O–H groups in total. The van der Waals surface area contributed by atoms with Gasteiger partial charge >= 0.3 is 0 Å². The molecule has 1 aliphatic rings. The lowest BCUT2D eigenvalue weighted by atomic mass is 10.6. The van der Waals surface area contributed by atoms with E-state index < -0.39 is 0 Å². The summed E-state index contributed by atoms with van der Waals surface area (Å²) in [5.74, 6) is 0.613. The third kappa shape index (κ3) is 1.85. The van der Waals surface area contributed by atoms with Crippen LogP contribution in [0.2, 0.25) is 0 Å². The Labute approximate surface area is 67.3 Å². The molecule has 1 radical (unpaired) electrons. The van der Waals surface area contributed by atoms with Crippen molar-refractivity contribution in [2.24, 2.45) is 5.10 Å². The summed E-state index contributed by atoms with van der Waals surface area (Å²) in [6, 6.07) is 0. The molecule has 1 rings (SSSR count). The molecule has 0 spiro atoms. The van der Waals surface area contributed by atoms with E-state index in [0.717, 1.165) is 3.72 Å². The van der Waals surface area contributed by atoms with E-state index >= 15 is 0 Å². The SMILES string of the molecule is CCOC1=CC(I)=N[N]1. The maximum atomic E-state index is 5.05. The van der Waals surface area contributed by atoms with Crippen molar-refractivity contribution in [2.75, 3.05) is 6.61 Å². The molecule has 49 valence electrons. The zero-order valence-corrected chi connectivity index (χ0v) is 7.12. The largest absolute Gasteiger partial charge is 0.477 e. The normalized spacial score (nSPS) is 16.2. The van der Waals surface area contributed by atoms with Crippen molar-refractivity contribution in [1.29, 1.82) is 0 Å². The molecular formula is C5H6IN2O. The standard InChI is InChI=1S/C5H6IN2O/c1-2-9-5-3-4(6)7-8-5/h3H,2H2,1H3. The second-order valence-corrected chi connectivity index (χ2v) is 2.54. The molecule has 0 aromatic heterocycles. The van der Waals surface area contributed by atoms with Gasteiger partial charge in [0.1, 0.15) is 3.72 Å². The Kier molecular flexibility index (Phi) is 2.32. The Balaban J connectivity index is 2.41. The molecule has 0 bridgehead atoms. The fraction of sp³-hybridized carbons (Fsp3) is 0.400. The number of allylic oxidation sites excluding steroid dienone is 1. The number of rotatable bonds is 2. The molecular weight excluding hydrogens is 231 g/mol. The van der Waals surface area contributed by atoms with E-state index in [1.807, 2.05) is 6.92 Å². The maximum Gasteiger partial charge on any atom is 0.236 e. The zero-order chi connectivity index (χ0) is 6.69. The van der Waals surface area contributed by atoms with Crippen LogP contribution >= 0.6 is 22.6 Å². The summed E-state index contributed by atoms with van der Waals surface area (Å²) in [7, 11) is 0. The van der Waals surface area contributed by atoms with E-state index in [1.54, 1.807) is 6.08 Å². The molecule has 3 nitrogen and oxygen atoms in total. The monoisotopic (exact) mass is 237 g/mol. The first-order valence-electron chi connectivity index (χ1n) is 2.61. The van der Waals surface area contributed by atoms with Crippen molar-refractivity contribution >= 4 is 26.3 Å². The van der Waals surface area contributed by atoms with Gasteiger partial charge in [0.15, 0.2) is 0 Å². The highest BCUT2D eigenvalue weighted by Gasteiger charge is 2.06. The highest BCUT2D eigenvalue weighted by molar-refractivity contribution is 14.1. The lowest BCUT2D eigenvalue weighted by Crippen LogP contribution is -1.96. The number of nitrogens with zero attached hydrogens (tertiary/aromatic N) is 2.